The smallest absolute Gasteiger partial charge is 0.223 e. The SMILES string of the molecule is Cc1nc(CCNc2cc(Cl)nc(C3CC3)n2)no1. The van der Waals surface area contributed by atoms with Crippen LogP contribution in [0.15, 0.2) is 10.6 Å². The van der Waals surface area contributed by atoms with Gasteiger partial charge in [-0.1, -0.05) is 16.8 Å². The van der Waals surface area contributed by atoms with Crippen LogP contribution in [0.5, 0.6) is 0 Å². The summed E-state index contributed by atoms with van der Waals surface area (Å²) in [7, 11) is 0. The first-order valence-electron chi connectivity index (χ1n) is 6.28. The molecule has 1 N–H and O–H groups in total. The van der Waals surface area contributed by atoms with Crippen LogP contribution in [0.4, 0.5) is 5.82 Å². The monoisotopic (exact) mass is 279 g/mol. The minimum atomic E-state index is 0.481. The average molecular weight is 280 g/mol. The highest BCUT2D eigenvalue weighted by atomic mass is 35.5. The lowest BCUT2D eigenvalue weighted by Crippen LogP contribution is -2.08. The van der Waals surface area contributed by atoms with Crippen molar-refractivity contribution in [2.75, 3.05) is 11.9 Å². The molecule has 1 saturated carbocycles. The second-order valence-corrected chi connectivity index (χ2v) is 5.00. The molecule has 2 heterocycles. The fourth-order valence-corrected chi connectivity index (χ4v) is 1.99. The third-order valence-electron chi connectivity index (χ3n) is 2.88. The van der Waals surface area contributed by atoms with Crippen molar-refractivity contribution in [1.82, 2.24) is 20.1 Å². The van der Waals surface area contributed by atoms with E-state index in [-0.39, 0.29) is 0 Å². The van der Waals surface area contributed by atoms with E-state index in [0.717, 1.165) is 24.5 Å². The number of nitrogens with one attached hydrogen (secondary N) is 1. The Morgan fingerprint density at radius 3 is 2.89 bits per heavy atom. The van der Waals surface area contributed by atoms with Crippen LogP contribution in [0.3, 0.4) is 0 Å². The van der Waals surface area contributed by atoms with E-state index in [1.807, 2.05) is 0 Å². The minimum absolute atomic E-state index is 0.481. The summed E-state index contributed by atoms with van der Waals surface area (Å²) < 4.78 is 4.91. The molecular weight excluding hydrogens is 266 g/mol. The highest BCUT2D eigenvalue weighted by Crippen LogP contribution is 2.38. The van der Waals surface area contributed by atoms with Crippen LogP contribution in [0.2, 0.25) is 5.15 Å². The van der Waals surface area contributed by atoms with E-state index in [1.54, 1.807) is 13.0 Å². The Kier molecular flexibility index (Phi) is 3.33. The molecule has 100 valence electrons. The summed E-state index contributed by atoms with van der Waals surface area (Å²) in [6.07, 6.45) is 2.99. The summed E-state index contributed by atoms with van der Waals surface area (Å²) in [6.45, 7) is 2.45. The zero-order valence-electron chi connectivity index (χ0n) is 10.6. The Bertz CT molecular complexity index is 581. The molecule has 1 aliphatic carbocycles. The zero-order chi connectivity index (χ0) is 13.2. The summed E-state index contributed by atoms with van der Waals surface area (Å²) in [5.74, 6) is 3.34. The van der Waals surface area contributed by atoms with Gasteiger partial charge in [0.15, 0.2) is 5.82 Å². The molecular formula is C12H14ClN5O. The van der Waals surface area contributed by atoms with Crippen LogP contribution >= 0.6 is 11.6 Å². The molecule has 0 radical (unpaired) electrons. The molecule has 0 amide bonds. The van der Waals surface area contributed by atoms with Gasteiger partial charge in [0.2, 0.25) is 5.89 Å². The van der Waals surface area contributed by atoms with Gasteiger partial charge >= 0.3 is 0 Å². The van der Waals surface area contributed by atoms with E-state index >= 15 is 0 Å². The highest BCUT2D eigenvalue weighted by Gasteiger charge is 2.27. The lowest BCUT2D eigenvalue weighted by atomic mass is 10.3. The van der Waals surface area contributed by atoms with Crippen molar-refractivity contribution in [3.8, 4) is 0 Å². The van der Waals surface area contributed by atoms with Crippen molar-refractivity contribution in [2.45, 2.75) is 32.1 Å². The molecule has 0 spiro atoms. The van der Waals surface area contributed by atoms with Crippen LogP contribution in [0.25, 0.3) is 0 Å². The van der Waals surface area contributed by atoms with Gasteiger partial charge in [0, 0.05) is 31.9 Å². The number of hydrogen-bond donors (Lipinski definition) is 1. The molecule has 2 aromatic heterocycles. The quantitative estimate of drug-likeness (QED) is 0.847. The van der Waals surface area contributed by atoms with Crippen LogP contribution in [-0.2, 0) is 6.42 Å². The normalized spacial score (nSPS) is 14.6. The first-order chi connectivity index (χ1) is 9.20. The first-order valence-corrected chi connectivity index (χ1v) is 6.66. The standard InChI is InChI=1S/C12H14ClN5O/c1-7-15-10(18-19-7)4-5-14-11-6-9(13)16-12(17-11)8-2-3-8/h6,8H,2-5H2,1H3,(H,14,16,17). The maximum absolute atomic E-state index is 5.99. The lowest BCUT2D eigenvalue weighted by molar-refractivity contribution is 0.387. The van der Waals surface area contributed by atoms with Gasteiger partial charge in [-0.2, -0.15) is 4.98 Å². The van der Waals surface area contributed by atoms with Crippen LogP contribution in [-0.4, -0.2) is 26.7 Å². The highest BCUT2D eigenvalue weighted by molar-refractivity contribution is 6.29. The number of hydrogen-bond acceptors (Lipinski definition) is 6. The van der Waals surface area contributed by atoms with E-state index in [0.29, 0.717) is 35.8 Å². The Balaban J connectivity index is 1.60. The molecule has 0 atom stereocenters. The third-order valence-corrected chi connectivity index (χ3v) is 3.07. The summed E-state index contributed by atoms with van der Waals surface area (Å²) in [4.78, 5) is 12.8. The van der Waals surface area contributed by atoms with Crippen molar-refractivity contribution in [3.63, 3.8) is 0 Å². The van der Waals surface area contributed by atoms with Gasteiger partial charge in [0.25, 0.3) is 0 Å². The van der Waals surface area contributed by atoms with E-state index in [9.17, 15) is 0 Å². The zero-order valence-corrected chi connectivity index (χ0v) is 11.3. The molecule has 6 nitrogen and oxygen atoms in total. The van der Waals surface area contributed by atoms with Crippen molar-refractivity contribution >= 4 is 17.4 Å². The molecule has 2 aromatic rings. The number of anilines is 1. The second kappa shape index (κ2) is 5.13. The van der Waals surface area contributed by atoms with Gasteiger partial charge in [0.1, 0.15) is 16.8 Å². The molecule has 3 rings (SSSR count). The van der Waals surface area contributed by atoms with Gasteiger partial charge in [-0.25, -0.2) is 9.97 Å². The number of nitrogens with zero attached hydrogens (tertiary/aromatic N) is 4. The van der Waals surface area contributed by atoms with E-state index in [4.69, 9.17) is 16.1 Å². The second-order valence-electron chi connectivity index (χ2n) is 4.61. The van der Waals surface area contributed by atoms with Gasteiger partial charge in [-0.3, -0.25) is 0 Å². The molecule has 0 aromatic carbocycles. The van der Waals surface area contributed by atoms with Gasteiger partial charge in [0.05, 0.1) is 0 Å². The first kappa shape index (κ1) is 12.3. The fraction of sp³-hybridized carbons (Fsp3) is 0.500. The van der Waals surface area contributed by atoms with E-state index in [2.05, 4.69) is 25.4 Å². The Hall–Kier alpha value is -1.69. The molecule has 0 saturated heterocycles. The lowest BCUT2D eigenvalue weighted by Gasteiger charge is -2.06. The maximum atomic E-state index is 5.99. The van der Waals surface area contributed by atoms with Gasteiger partial charge < -0.3 is 9.84 Å². The van der Waals surface area contributed by atoms with E-state index in [1.165, 1.54) is 0 Å². The number of aryl methyl sites for hydroxylation is 1. The summed E-state index contributed by atoms with van der Waals surface area (Å²) in [5, 5.41) is 7.53. The molecule has 7 heteroatoms. The molecule has 0 bridgehead atoms. The van der Waals surface area contributed by atoms with E-state index < -0.39 is 0 Å². The van der Waals surface area contributed by atoms with Crippen molar-refractivity contribution in [2.24, 2.45) is 0 Å². The predicted molar refractivity (Wildman–Crippen MR) is 70.2 cm³/mol. The molecule has 1 fully saturated rings. The topological polar surface area (TPSA) is 76.7 Å². The van der Waals surface area contributed by atoms with Crippen molar-refractivity contribution in [3.05, 3.63) is 28.8 Å². The third kappa shape index (κ3) is 3.20. The predicted octanol–water partition coefficient (Wildman–Crippen LogP) is 2.35. The average Bonchev–Trinajstić information content (AvgIpc) is 3.13. The van der Waals surface area contributed by atoms with Gasteiger partial charge in [-0.05, 0) is 12.8 Å². The number of halogens is 1. The Labute approximate surface area is 115 Å². The summed E-state index contributed by atoms with van der Waals surface area (Å²) in [6, 6.07) is 1.73. The summed E-state index contributed by atoms with van der Waals surface area (Å²) in [5.41, 5.74) is 0. The van der Waals surface area contributed by atoms with Gasteiger partial charge in [-0.15, -0.1) is 0 Å². The number of rotatable bonds is 5. The molecule has 0 aliphatic heterocycles. The van der Waals surface area contributed by atoms with Crippen LogP contribution in [0.1, 0.15) is 36.3 Å². The number of aromatic nitrogens is 4. The van der Waals surface area contributed by atoms with Crippen molar-refractivity contribution in [1.29, 1.82) is 0 Å². The Morgan fingerprint density at radius 1 is 1.37 bits per heavy atom. The fourth-order valence-electron chi connectivity index (χ4n) is 1.80. The minimum Gasteiger partial charge on any atom is -0.369 e. The maximum Gasteiger partial charge on any atom is 0.223 e. The molecule has 0 unspecified atom stereocenters. The Morgan fingerprint density at radius 2 is 2.21 bits per heavy atom. The molecule has 1 aliphatic rings. The summed E-state index contributed by atoms with van der Waals surface area (Å²) >= 11 is 5.99. The molecule has 19 heavy (non-hydrogen) atoms. The van der Waals surface area contributed by atoms with Crippen LogP contribution < -0.4 is 5.32 Å². The van der Waals surface area contributed by atoms with Crippen molar-refractivity contribution < 1.29 is 4.52 Å². The largest absolute Gasteiger partial charge is 0.369 e. The van der Waals surface area contributed by atoms with Crippen LogP contribution in [0, 0.1) is 6.92 Å².